The molecule has 0 aliphatic heterocycles. The summed E-state index contributed by atoms with van der Waals surface area (Å²) in [6, 6.07) is 0. The topological polar surface area (TPSA) is 46.5 Å². The van der Waals surface area contributed by atoms with Gasteiger partial charge in [0.25, 0.3) is 0 Å². The van der Waals surface area contributed by atoms with E-state index in [1.54, 1.807) is 0 Å². The van der Waals surface area contributed by atoms with E-state index in [9.17, 15) is 35.5 Å². The molecule has 0 aromatic heterocycles. The lowest BCUT2D eigenvalue weighted by Crippen LogP contribution is -2.47. The zero-order chi connectivity index (χ0) is 11.8. The zero-order valence-corrected chi connectivity index (χ0v) is 5.91. The first kappa shape index (κ1) is 12.9. The van der Waals surface area contributed by atoms with Gasteiger partial charge in [0.05, 0.1) is 0 Å². The third-order valence-corrected chi connectivity index (χ3v) is 0.835. The van der Waals surface area contributed by atoms with Crippen molar-refractivity contribution in [3.8, 4) is 0 Å². The molecule has 0 aliphatic carbocycles. The van der Waals surface area contributed by atoms with E-state index in [1.807, 2.05) is 4.74 Å². The van der Waals surface area contributed by atoms with Gasteiger partial charge in [0.15, 0.2) is 0 Å². The average Bonchev–Trinajstić information content (AvgIpc) is 1.80. The standard InChI is InChI=1S/C4HF7O3/c5-2(6,1(12)13)14-4(10,11)3(7,8)9/h(H,12,13). The second-order valence-corrected chi connectivity index (χ2v) is 1.94. The van der Waals surface area contributed by atoms with Crippen LogP contribution in [-0.4, -0.2) is 29.5 Å². The van der Waals surface area contributed by atoms with Crippen LogP contribution >= 0.6 is 0 Å². The third-order valence-electron chi connectivity index (χ3n) is 0.835. The molecule has 0 amide bonds. The summed E-state index contributed by atoms with van der Waals surface area (Å²) < 4.78 is 82.5. The van der Waals surface area contributed by atoms with Crippen LogP contribution in [0.15, 0.2) is 0 Å². The summed E-state index contributed by atoms with van der Waals surface area (Å²) in [5.74, 6) is -3.25. The Morgan fingerprint density at radius 1 is 1.00 bits per heavy atom. The largest absolute Gasteiger partial charge is 0.483 e. The number of carboxylic acid groups (broad SMARTS) is 1. The summed E-state index contributed by atoms with van der Waals surface area (Å²) >= 11 is 0. The van der Waals surface area contributed by atoms with E-state index in [1.165, 1.54) is 0 Å². The van der Waals surface area contributed by atoms with Crippen LogP contribution < -0.4 is 0 Å². The maximum atomic E-state index is 11.8. The van der Waals surface area contributed by atoms with Gasteiger partial charge in [-0.25, -0.2) is 9.53 Å². The van der Waals surface area contributed by atoms with Gasteiger partial charge in [-0.05, 0) is 0 Å². The zero-order valence-electron chi connectivity index (χ0n) is 5.91. The molecule has 0 unspecified atom stereocenters. The maximum Gasteiger partial charge on any atom is 0.483 e. The molecule has 0 saturated carbocycles. The molecule has 84 valence electrons. The molecule has 0 aromatic carbocycles. The summed E-state index contributed by atoms with van der Waals surface area (Å²) in [6.07, 6.45) is -18.3. The molecule has 0 fully saturated rings. The lowest BCUT2D eigenvalue weighted by Gasteiger charge is -2.22. The van der Waals surface area contributed by atoms with Gasteiger partial charge >= 0.3 is 24.4 Å². The number of halogens is 7. The van der Waals surface area contributed by atoms with Crippen molar-refractivity contribution in [1.29, 1.82) is 0 Å². The maximum absolute atomic E-state index is 11.8. The second kappa shape index (κ2) is 3.26. The van der Waals surface area contributed by atoms with Crippen LogP contribution in [0, 0.1) is 0 Å². The van der Waals surface area contributed by atoms with E-state index in [-0.39, 0.29) is 0 Å². The van der Waals surface area contributed by atoms with Crippen LogP contribution in [0.3, 0.4) is 0 Å². The number of rotatable bonds is 3. The Morgan fingerprint density at radius 2 is 1.36 bits per heavy atom. The van der Waals surface area contributed by atoms with Gasteiger partial charge in [-0.3, -0.25) is 0 Å². The van der Waals surface area contributed by atoms with Crippen molar-refractivity contribution in [3.63, 3.8) is 0 Å². The molecule has 0 spiro atoms. The fourth-order valence-corrected chi connectivity index (χ4v) is 0.263. The monoisotopic (exact) mass is 230 g/mol. The molecule has 0 atom stereocenters. The minimum Gasteiger partial charge on any atom is -0.475 e. The predicted molar refractivity (Wildman–Crippen MR) is 24.7 cm³/mol. The number of carbonyl (C=O) groups is 1. The first-order chi connectivity index (χ1) is 5.90. The number of hydrogen-bond donors (Lipinski definition) is 1. The molecule has 0 saturated heterocycles. The number of ether oxygens (including phenoxy) is 1. The number of hydrogen-bond acceptors (Lipinski definition) is 2. The van der Waals surface area contributed by atoms with Gasteiger partial charge in [-0.15, -0.1) is 0 Å². The molecular weight excluding hydrogens is 229 g/mol. The van der Waals surface area contributed by atoms with Crippen molar-refractivity contribution in [2.75, 3.05) is 0 Å². The molecule has 14 heavy (non-hydrogen) atoms. The molecular formula is C4HF7O3. The van der Waals surface area contributed by atoms with Crippen molar-refractivity contribution in [3.05, 3.63) is 0 Å². The van der Waals surface area contributed by atoms with E-state index < -0.39 is 24.4 Å². The van der Waals surface area contributed by atoms with Crippen molar-refractivity contribution >= 4 is 5.97 Å². The van der Waals surface area contributed by atoms with E-state index in [0.29, 0.717) is 0 Å². The summed E-state index contributed by atoms with van der Waals surface area (Å²) in [5.41, 5.74) is 0. The van der Waals surface area contributed by atoms with Crippen molar-refractivity contribution in [1.82, 2.24) is 0 Å². The van der Waals surface area contributed by atoms with E-state index in [0.717, 1.165) is 0 Å². The Bertz CT molecular complexity index is 232. The van der Waals surface area contributed by atoms with E-state index >= 15 is 0 Å². The Balaban J connectivity index is 4.76. The Hall–Kier alpha value is -1.06. The first-order valence-corrected chi connectivity index (χ1v) is 2.66. The molecule has 3 nitrogen and oxygen atoms in total. The third kappa shape index (κ3) is 2.72. The smallest absolute Gasteiger partial charge is 0.475 e. The van der Waals surface area contributed by atoms with Crippen LogP contribution in [0.4, 0.5) is 30.7 Å². The van der Waals surface area contributed by atoms with Gasteiger partial charge in [0.1, 0.15) is 0 Å². The Kier molecular flexibility index (Phi) is 3.01. The molecule has 0 rings (SSSR count). The SMILES string of the molecule is O=C(O)C(F)(F)OC(F)(F)C(F)(F)F. The lowest BCUT2D eigenvalue weighted by atomic mass is 10.5. The van der Waals surface area contributed by atoms with Gasteiger partial charge in [0, 0.05) is 0 Å². The Morgan fingerprint density at radius 3 is 1.57 bits per heavy atom. The van der Waals surface area contributed by atoms with Crippen LogP contribution in [-0.2, 0) is 9.53 Å². The fourth-order valence-electron chi connectivity index (χ4n) is 0.263. The van der Waals surface area contributed by atoms with Crippen LogP contribution in [0.5, 0.6) is 0 Å². The Labute approximate surface area is 71.1 Å². The van der Waals surface area contributed by atoms with Gasteiger partial charge < -0.3 is 5.11 Å². The van der Waals surface area contributed by atoms with Crippen molar-refractivity contribution in [2.45, 2.75) is 18.4 Å². The molecule has 1 N–H and O–H groups in total. The molecule has 0 aliphatic rings. The average molecular weight is 230 g/mol. The summed E-state index contributed by atoms with van der Waals surface area (Å²) in [6.45, 7) is 0. The predicted octanol–water partition coefficient (Wildman–Crippen LogP) is 1.84. The normalized spacial score (nSPS) is 14.2. The quantitative estimate of drug-likeness (QED) is 0.752. The minimum atomic E-state index is -6.41. The van der Waals surface area contributed by atoms with Crippen molar-refractivity contribution < 1.29 is 45.4 Å². The highest BCUT2D eigenvalue weighted by atomic mass is 19.4. The first-order valence-electron chi connectivity index (χ1n) is 2.66. The number of carboxylic acids is 1. The molecule has 10 heteroatoms. The highest BCUT2D eigenvalue weighted by Crippen LogP contribution is 2.40. The lowest BCUT2D eigenvalue weighted by molar-refractivity contribution is -0.447. The van der Waals surface area contributed by atoms with Crippen LogP contribution in [0.25, 0.3) is 0 Å². The number of alkyl halides is 7. The summed E-state index contributed by atoms with van der Waals surface area (Å²) in [5, 5.41) is 7.49. The molecule has 0 radical (unpaired) electrons. The van der Waals surface area contributed by atoms with Crippen LogP contribution in [0.2, 0.25) is 0 Å². The van der Waals surface area contributed by atoms with E-state index in [4.69, 9.17) is 5.11 Å². The summed E-state index contributed by atoms with van der Waals surface area (Å²) in [7, 11) is 0. The molecule has 0 bridgehead atoms. The fraction of sp³-hybridized carbons (Fsp3) is 0.750. The molecule has 0 heterocycles. The minimum absolute atomic E-state index is 1.86. The summed E-state index contributed by atoms with van der Waals surface area (Å²) in [4.78, 5) is 9.45. The second-order valence-electron chi connectivity index (χ2n) is 1.94. The van der Waals surface area contributed by atoms with Crippen molar-refractivity contribution in [2.24, 2.45) is 0 Å². The highest BCUT2D eigenvalue weighted by Gasteiger charge is 2.65. The van der Waals surface area contributed by atoms with Gasteiger partial charge in [-0.1, -0.05) is 0 Å². The highest BCUT2D eigenvalue weighted by molar-refractivity contribution is 5.73. The van der Waals surface area contributed by atoms with Crippen LogP contribution in [0.1, 0.15) is 0 Å². The molecule has 0 aromatic rings. The van der Waals surface area contributed by atoms with Gasteiger partial charge in [0.2, 0.25) is 0 Å². The number of aliphatic carboxylic acids is 1. The van der Waals surface area contributed by atoms with Gasteiger partial charge in [-0.2, -0.15) is 30.7 Å². The van der Waals surface area contributed by atoms with E-state index in [2.05, 4.69) is 0 Å².